The van der Waals surface area contributed by atoms with Crippen molar-refractivity contribution in [3.05, 3.63) is 29.3 Å². The Morgan fingerprint density at radius 1 is 1.33 bits per heavy atom. The number of hydrogen-bond acceptors (Lipinski definition) is 3. The Morgan fingerprint density at radius 2 is 2.05 bits per heavy atom. The van der Waals surface area contributed by atoms with E-state index in [0.717, 1.165) is 30.7 Å². The van der Waals surface area contributed by atoms with Gasteiger partial charge in [-0.1, -0.05) is 18.2 Å². The molecule has 1 aromatic carbocycles. The molecule has 1 aromatic rings. The third-order valence-electron chi connectivity index (χ3n) is 4.04. The van der Waals surface area contributed by atoms with Gasteiger partial charge in [-0.3, -0.25) is 0 Å². The fourth-order valence-electron chi connectivity index (χ4n) is 2.36. The van der Waals surface area contributed by atoms with E-state index in [4.69, 9.17) is 10.00 Å². The van der Waals surface area contributed by atoms with Crippen molar-refractivity contribution in [2.24, 2.45) is 5.41 Å². The SMILES string of the molecule is Cc1cccc(CNC(C)(C)C)c1OCC1(CC#N)CC1. The second-order valence-corrected chi connectivity index (χ2v) is 7.29. The number of nitrogens with one attached hydrogen (secondary N) is 1. The molecule has 21 heavy (non-hydrogen) atoms. The summed E-state index contributed by atoms with van der Waals surface area (Å²) in [5.41, 5.74) is 2.55. The summed E-state index contributed by atoms with van der Waals surface area (Å²) in [6, 6.07) is 8.56. The lowest BCUT2D eigenvalue weighted by atomic mass is 10.0. The minimum Gasteiger partial charge on any atom is -0.492 e. The van der Waals surface area contributed by atoms with Crippen LogP contribution in [0, 0.1) is 23.7 Å². The molecule has 1 fully saturated rings. The molecule has 3 nitrogen and oxygen atoms in total. The Labute approximate surface area is 128 Å². The van der Waals surface area contributed by atoms with E-state index >= 15 is 0 Å². The summed E-state index contributed by atoms with van der Waals surface area (Å²) in [6.45, 7) is 10.0. The number of rotatable bonds is 6. The monoisotopic (exact) mass is 286 g/mol. The summed E-state index contributed by atoms with van der Waals surface area (Å²) in [6.07, 6.45) is 2.83. The molecule has 0 bridgehead atoms. The number of hydrogen-bond donors (Lipinski definition) is 1. The van der Waals surface area contributed by atoms with Crippen LogP contribution in [0.2, 0.25) is 0 Å². The van der Waals surface area contributed by atoms with Gasteiger partial charge in [-0.05, 0) is 46.1 Å². The van der Waals surface area contributed by atoms with Gasteiger partial charge in [0.15, 0.2) is 0 Å². The van der Waals surface area contributed by atoms with Gasteiger partial charge in [-0.2, -0.15) is 5.26 Å². The van der Waals surface area contributed by atoms with Crippen molar-refractivity contribution in [3.8, 4) is 11.8 Å². The van der Waals surface area contributed by atoms with Crippen molar-refractivity contribution < 1.29 is 4.74 Å². The van der Waals surface area contributed by atoms with Crippen molar-refractivity contribution in [1.82, 2.24) is 5.32 Å². The summed E-state index contributed by atoms with van der Waals surface area (Å²) in [4.78, 5) is 0. The molecular weight excluding hydrogens is 260 g/mol. The molecule has 0 heterocycles. The lowest BCUT2D eigenvalue weighted by molar-refractivity contribution is 0.232. The van der Waals surface area contributed by atoms with E-state index in [1.54, 1.807) is 0 Å². The van der Waals surface area contributed by atoms with Gasteiger partial charge in [0, 0.05) is 29.5 Å². The van der Waals surface area contributed by atoms with E-state index in [1.165, 1.54) is 5.56 Å². The Hall–Kier alpha value is -1.53. The van der Waals surface area contributed by atoms with E-state index in [0.29, 0.717) is 13.0 Å². The van der Waals surface area contributed by atoms with Crippen LogP contribution in [0.5, 0.6) is 5.75 Å². The topological polar surface area (TPSA) is 45.0 Å². The number of nitriles is 1. The first-order chi connectivity index (χ1) is 9.85. The molecule has 0 aliphatic heterocycles. The van der Waals surface area contributed by atoms with Gasteiger partial charge in [0.05, 0.1) is 12.7 Å². The molecule has 0 spiro atoms. The predicted octanol–water partition coefficient (Wildman–Crippen LogP) is 3.96. The van der Waals surface area contributed by atoms with Crippen LogP contribution in [0.4, 0.5) is 0 Å². The molecule has 0 saturated heterocycles. The summed E-state index contributed by atoms with van der Waals surface area (Å²) in [5.74, 6) is 0.985. The van der Waals surface area contributed by atoms with Gasteiger partial charge in [-0.25, -0.2) is 0 Å². The zero-order valence-electron chi connectivity index (χ0n) is 13.6. The third-order valence-corrected chi connectivity index (χ3v) is 4.04. The summed E-state index contributed by atoms with van der Waals surface area (Å²) in [7, 11) is 0. The first-order valence-corrected chi connectivity index (χ1v) is 7.69. The van der Waals surface area contributed by atoms with Crippen LogP contribution in [0.25, 0.3) is 0 Å². The summed E-state index contributed by atoms with van der Waals surface area (Å²) >= 11 is 0. The Bertz CT molecular complexity index is 533. The number of aryl methyl sites for hydroxylation is 1. The first-order valence-electron chi connectivity index (χ1n) is 7.69. The quantitative estimate of drug-likeness (QED) is 0.861. The average molecular weight is 286 g/mol. The molecule has 1 aliphatic rings. The standard InChI is InChI=1S/C18H26N2O/c1-14-6-5-7-15(12-20-17(2,3)4)16(14)21-13-18(8-9-18)10-11-19/h5-7,20H,8-10,12-13H2,1-4H3. The second-order valence-electron chi connectivity index (χ2n) is 7.29. The maximum Gasteiger partial charge on any atom is 0.126 e. The van der Waals surface area contributed by atoms with Crippen LogP contribution in [0.1, 0.15) is 51.2 Å². The van der Waals surface area contributed by atoms with E-state index in [1.807, 2.05) is 0 Å². The minimum absolute atomic E-state index is 0.0829. The van der Waals surface area contributed by atoms with E-state index in [-0.39, 0.29) is 11.0 Å². The van der Waals surface area contributed by atoms with E-state index < -0.39 is 0 Å². The Morgan fingerprint density at radius 3 is 2.62 bits per heavy atom. The van der Waals surface area contributed by atoms with Crippen molar-refractivity contribution in [2.45, 2.75) is 59.0 Å². The molecule has 0 radical (unpaired) electrons. The van der Waals surface area contributed by atoms with E-state index in [2.05, 4.69) is 57.3 Å². The van der Waals surface area contributed by atoms with Crippen molar-refractivity contribution in [2.75, 3.05) is 6.61 Å². The third kappa shape index (κ3) is 4.47. The second kappa shape index (κ2) is 6.07. The molecule has 114 valence electrons. The van der Waals surface area contributed by atoms with Crippen LogP contribution >= 0.6 is 0 Å². The zero-order chi connectivity index (χ0) is 15.5. The minimum atomic E-state index is 0.0829. The van der Waals surface area contributed by atoms with Gasteiger partial charge in [0.25, 0.3) is 0 Å². The predicted molar refractivity (Wildman–Crippen MR) is 85.2 cm³/mol. The Kier molecular flexibility index (Phi) is 4.58. The first kappa shape index (κ1) is 15.9. The van der Waals surface area contributed by atoms with Crippen LogP contribution in [0.3, 0.4) is 0 Å². The normalized spacial score (nSPS) is 16.3. The van der Waals surface area contributed by atoms with Crippen LogP contribution in [0.15, 0.2) is 18.2 Å². The van der Waals surface area contributed by atoms with Crippen LogP contribution < -0.4 is 10.1 Å². The van der Waals surface area contributed by atoms with Gasteiger partial charge >= 0.3 is 0 Å². The van der Waals surface area contributed by atoms with Gasteiger partial charge in [0.1, 0.15) is 5.75 Å². The molecule has 0 unspecified atom stereocenters. The average Bonchev–Trinajstić information content (AvgIpc) is 3.15. The lowest BCUT2D eigenvalue weighted by Crippen LogP contribution is -2.35. The number of nitrogens with zero attached hydrogens (tertiary/aromatic N) is 1. The van der Waals surface area contributed by atoms with Gasteiger partial charge < -0.3 is 10.1 Å². The lowest BCUT2D eigenvalue weighted by Gasteiger charge is -2.23. The largest absolute Gasteiger partial charge is 0.492 e. The molecule has 1 N–H and O–H groups in total. The molecule has 0 atom stereocenters. The smallest absolute Gasteiger partial charge is 0.126 e. The highest BCUT2D eigenvalue weighted by atomic mass is 16.5. The highest BCUT2D eigenvalue weighted by molar-refractivity contribution is 5.41. The van der Waals surface area contributed by atoms with Crippen molar-refractivity contribution in [3.63, 3.8) is 0 Å². The maximum absolute atomic E-state index is 8.91. The van der Waals surface area contributed by atoms with Gasteiger partial charge in [0.2, 0.25) is 0 Å². The summed E-state index contributed by atoms with van der Waals surface area (Å²) < 4.78 is 6.12. The highest BCUT2D eigenvalue weighted by Gasteiger charge is 2.43. The molecule has 1 aliphatic carbocycles. The van der Waals surface area contributed by atoms with Crippen LogP contribution in [-0.2, 0) is 6.54 Å². The highest BCUT2D eigenvalue weighted by Crippen LogP contribution is 2.49. The van der Waals surface area contributed by atoms with Gasteiger partial charge in [-0.15, -0.1) is 0 Å². The van der Waals surface area contributed by atoms with Crippen LogP contribution in [-0.4, -0.2) is 12.1 Å². The number of ether oxygens (including phenoxy) is 1. The van der Waals surface area contributed by atoms with E-state index in [9.17, 15) is 0 Å². The Balaban J connectivity index is 2.06. The van der Waals surface area contributed by atoms with Crippen molar-refractivity contribution >= 4 is 0 Å². The number of benzene rings is 1. The zero-order valence-corrected chi connectivity index (χ0v) is 13.6. The molecule has 0 aromatic heterocycles. The molecule has 2 rings (SSSR count). The number of para-hydroxylation sites is 1. The molecule has 1 saturated carbocycles. The molecule has 0 amide bonds. The fraction of sp³-hybridized carbons (Fsp3) is 0.611. The fourth-order valence-corrected chi connectivity index (χ4v) is 2.36. The molecular formula is C18H26N2O. The summed E-state index contributed by atoms with van der Waals surface area (Å²) in [5, 5.41) is 12.4. The van der Waals surface area contributed by atoms with Crippen molar-refractivity contribution in [1.29, 1.82) is 5.26 Å². The molecule has 3 heteroatoms. The maximum atomic E-state index is 8.91.